The Labute approximate surface area is 103 Å². The minimum Gasteiger partial charge on any atom is -0.346 e. The molecule has 0 aliphatic rings. The summed E-state index contributed by atoms with van der Waals surface area (Å²) in [6.45, 7) is 4.40. The van der Waals surface area contributed by atoms with E-state index in [9.17, 15) is 4.79 Å². The molecule has 0 spiro atoms. The standard InChI is InChI=1S/C10H13N5OS/c1-6(2)8-9(17-15-14-8)10(16)11-5-7-3-4-12-13-7/h3-4,6H,5H2,1-2H3,(H,11,16)(H,12,13). The zero-order chi connectivity index (χ0) is 12.3. The normalized spacial score (nSPS) is 10.8. The molecule has 0 aliphatic carbocycles. The Morgan fingerprint density at radius 3 is 3.06 bits per heavy atom. The summed E-state index contributed by atoms with van der Waals surface area (Å²) in [4.78, 5) is 12.5. The van der Waals surface area contributed by atoms with E-state index in [0.717, 1.165) is 22.9 Å². The lowest BCUT2D eigenvalue weighted by molar-refractivity contribution is 0.0953. The molecule has 2 N–H and O–H groups in total. The van der Waals surface area contributed by atoms with Crippen LogP contribution in [0.4, 0.5) is 0 Å². The third-order valence-electron chi connectivity index (χ3n) is 2.26. The monoisotopic (exact) mass is 251 g/mol. The molecule has 6 nitrogen and oxygen atoms in total. The number of hydrogen-bond acceptors (Lipinski definition) is 5. The molecule has 2 aromatic heterocycles. The van der Waals surface area contributed by atoms with E-state index >= 15 is 0 Å². The Hall–Kier alpha value is -1.76. The Morgan fingerprint density at radius 1 is 1.59 bits per heavy atom. The van der Waals surface area contributed by atoms with Crippen LogP contribution in [0.25, 0.3) is 0 Å². The van der Waals surface area contributed by atoms with E-state index in [1.165, 1.54) is 0 Å². The topological polar surface area (TPSA) is 83.6 Å². The first-order chi connectivity index (χ1) is 8.18. The summed E-state index contributed by atoms with van der Waals surface area (Å²) in [7, 11) is 0. The first-order valence-corrected chi connectivity index (χ1v) is 6.04. The summed E-state index contributed by atoms with van der Waals surface area (Å²) >= 11 is 1.12. The Bertz CT molecular complexity index is 491. The number of carbonyl (C=O) groups excluding carboxylic acids is 1. The highest BCUT2D eigenvalue weighted by atomic mass is 32.1. The van der Waals surface area contributed by atoms with Crippen LogP contribution in [0.1, 0.15) is 40.8 Å². The maximum Gasteiger partial charge on any atom is 0.265 e. The maximum absolute atomic E-state index is 11.9. The molecular weight excluding hydrogens is 238 g/mol. The van der Waals surface area contributed by atoms with Gasteiger partial charge >= 0.3 is 0 Å². The van der Waals surface area contributed by atoms with Crippen molar-refractivity contribution in [3.63, 3.8) is 0 Å². The highest BCUT2D eigenvalue weighted by Gasteiger charge is 2.18. The molecule has 2 aromatic rings. The number of amides is 1. The molecule has 2 rings (SSSR count). The second kappa shape index (κ2) is 5.05. The number of nitrogens with one attached hydrogen (secondary N) is 2. The fraction of sp³-hybridized carbons (Fsp3) is 0.400. The lowest BCUT2D eigenvalue weighted by atomic mass is 10.1. The summed E-state index contributed by atoms with van der Waals surface area (Å²) in [5, 5.41) is 13.4. The second-order valence-electron chi connectivity index (χ2n) is 3.91. The lowest BCUT2D eigenvalue weighted by Crippen LogP contribution is -2.23. The van der Waals surface area contributed by atoms with E-state index in [4.69, 9.17) is 0 Å². The average Bonchev–Trinajstić information content (AvgIpc) is 2.96. The number of H-pyrrole nitrogens is 1. The van der Waals surface area contributed by atoms with Crippen LogP contribution in [0.5, 0.6) is 0 Å². The number of carbonyl (C=O) groups is 1. The van der Waals surface area contributed by atoms with Crippen LogP contribution in [0.15, 0.2) is 12.3 Å². The summed E-state index contributed by atoms with van der Waals surface area (Å²) in [5.74, 6) is 0.0555. The number of rotatable bonds is 4. The molecule has 0 bridgehead atoms. The van der Waals surface area contributed by atoms with E-state index in [0.29, 0.717) is 11.4 Å². The zero-order valence-corrected chi connectivity index (χ0v) is 10.4. The van der Waals surface area contributed by atoms with Gasteiger partial charge in [0.25, 0.3) is 5.91 Å². The quantitative estimate of drug-likeness (QED) is 0.858. The van der Waals surface area contributed by atoms with E-state index in [-0.39, 0.29) is 11.8 Å². The summed E-state index contributed by atoms with van der Waals surface area (Å²) < 4.78 is 3.82. The van der Waals surface area contributed by atoms with Crippen LogP contribution in [0.2, 0.25) is 0 Å². The first-order valence-electron chi connectivity index (χ1n) is 5.27. The molecule has 17 heavy (non-hydrogen) atoms. The maximum atomic E-state index is 11.9. The molecule has 1 amide bonds. The van der Waals surface area contributed by atoms with Gasteiger partial charge in [0.05, 0.1) is 17.9 Å². The van der Waals surface area contributed by atoms with Crippen molar-refractivity contribution < 1.29 is 4.79 Å². The van der Waals surface area contributed by atoms with Crippen LogP contribution >= 0.6 is 11.5 Å². The van der Waals surface area contributed by atoms with Crippen molar-refractivity contribution in [2.45, 2.75) is 26.3 Å². The van der Waals surface area contributed by atoms with Crippen molar-refractivity contribution in [1.29, 1.82) is 0 Å². The first kappa shape index (κ1) is 11.7. The van der Waals surface area contributed by atoms with Crippen molar-refractivity contribution >= 4 is 17.4 Å². The molecule has 0 saturated carbocycles. The molecule has 0 radical (unpaired) electrons. The van der Waals surface area contributed by atoms with Gasteiger partial charge in [-0.15, -0.1) is 5.10 Å². The van der Waals surface area contributed by atoms with Crippen molar-refractivity contribution in [2.75, 3.05) is 0 Å². The molecule has 0 aromatic carbocycles. The minimum atomic E-state index is -0.140. The fourth-order valence-corrected chi connectivity index (χ4v) is 2.11. The summed E-state index contributed by atoms with van der Waals surface area (Å²) in [6.07, 6.45) is 1.65. The largest absolute Gasteiger partial charge is 0.346 e. The predicted molar refractivity (Wildman–Crippen MR) is 63.8 cm³/mol. The van der Waals surface area contributed by atoms with E-state index in [1.54, 1.807) is 6.20 Å². The lowest BCUT2D eigenvalue weighted by Gasteiger charge is -2.04. The number of aromatic nitrogens is 4. The van der Waals surface area contributed by atoms with E-state index in [2.05, 4.69) is 25.1 Å². The van der Waals surface area contributed by atoms with Crippen molar-refractivity contribution in [1.82, 2.24) is 25.1 Å². The third-order valence-corrected chi connectivity index (χ3v) is 3.00. The van der Waals surface area contributed by atoms with Crippen molar-refractivity contribution in [2.24, 2.45) is 0 Å². The third kappa shape index (κ3) is 2.68. The highest BCUT2D eigenvalue weighted by molar-refractivity contribution is 7.08. The van der Waals surface area contributed by atoms with Gasteiger partial charge in [-0.05, 0) is 23.5 Å². The van der Waals surface area contributed by atoms with Gasteiger partial charge < -0.3 is 5.32 Å². The van der Waals surface area contributed by atoms with Crippen LogP contribution in [-0.4, -0.2) is 25.7 Å². The van der Waals surface area contributed by atoms with Gasteiger partial charge in [0.2, 0.25) is 0 Å². The van der Waals surface area contributed by atoms with Crippen LogP contribution in [0.3, 0.4) is 0 Å². The van der Waals surface area contributed by atoms with Crippen LogP contribution < -0.4 is 5.32 Å². The second-order valence-corrected chi connectivity index (χ2v) is 4.66. The van der Waals surface area contributed by atoms with Crippen molar-refractivity contribution in [3.05, 3.63) is 28.5 Å². The smallest absolute Gasteiger partial charge is 0.265 e. The van der Waals surface area contributed by atoms with Gasteiger partial charge in [-0.3, -0.25) is 9.89 Å². The molecule has 90 valence electrons. The van der Waals surface area contributed by atoms with Crippen LogP contribution in [0, 0.1) is 0 Å². The predicted octanol–water partition coefficient (Wildman–Crippen LogP) is 1.31. The minimum absolute atomic E-state index is 0.140. The zero-order valence-electron chi connectivity index (χ0n) is 9.60. The molecule has 0 unspecified atom stereocenters. The van der Waals surface area contributed by atoms with Gasteiger partial charge in [-0.1, -0.05) is 18.3 Å². The highest BCUT2D eigenvalue weighted by Crippen LogP contribution is 2.19. The van der Waals surface area contributed by atoms with Gasteiger partial charge in [-0.25, -0.2) is 0 Å². The fourth-order valence-electron chi connectivity index (χ4n) is 1.37. The van der Waals surface area contributed by atoms with Gasteiger partial charge in [0.1, 0.15) is 4.88 Å². The molecule has 0 saturated heterocycles. The summed E-state index contributed by atoms with van der Waals surface area (Å²) in [6, 6.07) is 1.81. The number of hydrogen-bond donors (Lipinski definition) is 2. The number of nitrogens with zero attached hydrogens (tertiary/aromatic N) is 3. The SMILES string of the molecule is CC(C)c1nnsc1C(=O)NCc1ccn[nH]1. The summed E-state index contributed by atoms with van der Waals surface area (Å²) in [5.41, 5.74) is 1.61. The molecule has 0 fully saturated rings. The Balaban J connectivity index is 2.02. The Morgan fingerprint density at radius 2 is 2.41 bits per heavy atom. The molecule has 0 aliphatic heterocycles. The average molecular weight is 251 g/mol. The van der Waals surface area contributed by atoms with Gasteiger partial charge in [0, 0.05) is 6.20 Å². The Kier molecular flexibility index (Phi) is 3.48. The molecular formula is C10H13N5OS. The molecule has 7 heteroatoms. The molecule has 0 atom stereocenters. The van der Waals surface area contributed by atoms with E-state index in [1.807, 2.05) is 19.9 Å². The van der Waals surface area contributed by atoms with Crippen LogP contribution in [-0.2, 0) is 6.54 Å². The number of aromatic amines is 1. The van der Waals surface area contributed by atoms with Crippen molar-refractivity contribution in [3.8, 4) is 0 Å². The van der Waals surface area contributed by atoms with Gasteiger partial charge in [-0.2, -0.15) is 5.10 Å². The van der Waals surface area contributed by atoms with Gasteiger partial charge in [0.15, 0.2) is 0 Å². The molecule has 2 heterocycles. The van der Waals surface area contributed by atoms with E-state index < -0.39 is 0 Å².